The molecular weight excluding hydrogens is 987 g/mol. The number of nitrogens with one attached hydrogen (secondary N) is 8. The number of hydrogen-bond donors (Lipinski definition) is 9. The van der Waals surface area contributed by atoms with Crippen molar-refractivity contribution in [2.75, 3.05) is 47.1 Å². The van der Waals surface area contributed by atoms with Gasteiger partial charge in [-0.3, -0.25) is 38.4 Å². The van der Waals surface area contributed by atoms with Crippen LogP contribution in [0.4, 0.5) is 5.69 Å². The van der Waals surface area contributed by atoms with E-state index in [-0.39, 0.29) is 42.7 Å². The lowest BCUT2D eigenvalue weighted by Gasteiger charge is -2.36. The molecule has 3 aromatic carbocycles. The van der Waals surface area contributed by atoms with Crippen molar-refractivity contribution in [3.63, 3.8) is 0 Å². The van der Waals surface area contributed by atoms with Crippen LogP contribution in [0.2, 0.25) is 0 Å². The molecule has 8 amide bonds. The Kier molecular flexibility index (Phi) is 20.2. The van der Waals surface area contributed by atoms with E-state index in [0.29, 0.717) is 11.5 Å². The zero-order chi connectivity index (χ0) is 57.3. The molecule has 21 nitrogen and oxygen atoms in total. The van der Waals surface area contributed by atoms with E-state index in [0.717, 1.165) is 11.1 Å². The molecule has 0 aliphatic carbocycles. The Morgan fingerprint density at radius 2 is 0.883 bits per heavy atom. The average Bonchev–Trinajstić information content (AvgIpc) is 4.02. The molecule has 77 heavy (non-hydrogen) atoms. The number of benzene rings is 3. The number of hydrogen-bond acceptors (Lipinski definition) is 13. The van der Waals surface area contributed by atoms with Crippen LogP contribution in [0.1, 0.15) is 126 Å². The fourth-order valence-corrected chi connectivity index (χ4v) is 9.31. The van der Waals surface area contributed by atoms with Crippen LogP contribution in [0.3, 0.4) is 0 Å². The van der Waals surface area contributed by atoms with E-state index in [1.165, 1.54) is 28.0 Å². The molecule has 5 rings (SSSR count). The van der Waals surface area contributed by atoms with Gasteiger partial charge in [0.05, 0.1) is 38.4 Å². The number of likely N-dealkylation sites (N-methyl/N-ethyl adjacent to an activating group) is 2. The summed E-state index contributed by atoms with van der Waals surface area (Å²) in [5, 5.41) is 23.5. The maximum Gasteiger partial charge on any atom is 0.251 e. The van der Waals surface area contributed by atoms with Gasteiger partial charge in [-0.05, 0) is 119 Å². The number of nitrogen functional groups attached to an aromatic ring is 1. The lowest BCUT2D eigenvalue weighted by atomic mass is 9.85. The first kappa shape index (κ1) is 60.6. The second-order valence-corrected chi connectivity index (χ2v) is 22.3. The summed E-state index contributed by atoms with van der Waals surface area (Å²) in [4.78, 5) is 115. The smallest absolute Gasteiger partial charge is 0.251 e. The molecule has 0 bridgehead atoms. The second-order valence-electron chi connectivity index (χ2n) is 22.3. The largest absolute Gasteiger partial charge is 0.497 e. The van der Waals surface area contributed by atoms with E-state index in [4.69, 9.17) is 15.2 Å². The number of carbonyl (C=O) groups is 8. The van der Waals surface area contributed by atoms with Gasteiger partial charge in [0.2, 0.25) is 35.4 Å². The molecule has 10 N–H and O–H groups in total. The number of likely N-dealkylation sites (tertiary alicyclic amines) is 2. The molecule has 0 unspecified atom stereocenters. The Morgan fingerprint density at radius 1 is 0.545 bits per heavy atom. The standard InChI is InChI=1S/C56H81N11O10/c1-30(34-15-19-41(76-13)20-16-34)60-51(72)43-26-39(28-66(43)53(74)45(55(5,6)7)64-47(68)32(3)58-11)62-49(70)36-23-37(25-38(57)24-36)50(71)63-40-27-44(52(73)61-31(2)35-17-21-42(77-14)22-18-35)67(29-40)54(75)46(56(8,9)10)65-48(69)33(4)59-12/h15-25,30-33,39-40,43-46,58-59H,26-29,57H2,1-14H3,(H,60,72)(H,61,73)(H,62,70)(H,63,71)(H,64,68)(H,65,69)/t30-,31-,32+,33+,39+,40+,43+,44+,45-,46-/m1/s1. The van der Waals surface area contributed by atoms with Crippen LogP contribution in [0.5, 0.6) is 11.5 Å². The van der Waals surface area contributed by atoms with E-state index >= 15 is 0 Å². The maximum absolute atomic E-state index is 14.6. The van der Waals surface area contributed by atoms with Gasteiger partial charge in [-0.1, -0.05) is 65.8 Å². The molecule has 2 aliphatic heterocycles. The molecule has 21 heteroatoms. The third-order valence-corrected chi connectivity index (χ3v) is 14.3. The zero-order valence-corrected chi connectivity index (χ0v) is 47.0. The van der Waals surface area contributed by atoms with Crippen LogP contribution in [0.15, 0.2) is 66.7 Å². The Bertz CT molecular complexity index is 2440. The zero-order valence-electron chi connectivity index (χ0n) is 47.0. The molecule has 0 saturated carbocycles. The van der Waals surface area contributed by atoms with Crippen LogP contribution in [-0.4, -0.2) is 147 Å². The first-order valence-electron chi connectivity index (χ1n) is 26.1. The summed E-state index contributed by atoms with van der Waals surface area (Å²) >= 11 is 0. The molecule has 0 radical (unpaired) electrons. The van der Waals surface area contributed by atoms with E-state index in [1.807, 2.05) is 79.7 Å². The molecule has 2 saturated heterocycles. The Hall–Kier alpha value is -7.26. The van der Waals surface area contributed by atoms with Crippen LogP contribution in [0, 0.1) is 10.8 Å². The molecular formula is C56H81N11O10. The van der Waals surface area contributed by atoms with Crippen molar-refractivity contribution < 1.29 is 47.8 Å². The average molecular weight is 1070 g/mol. The van der Waals surface area contributed by atoms with Gasteiger partial charge in [-0.15, -0.1) is 0 Å². The van der Waals surface area contributed by atoms with E-state index in [2.05, 4.69) is 42.5 Å². The summed E-state index contributed by atoms with van der Waals surface area (Å²) in [6, 6.07) is 10.6. The summed E-state index contributed by atoms with van der Waals surface area (Å²) in [5.74, 6) is -2.75. The minimum atomic E-state index is -1.06. The van der Waals surface area contributed by atoms with Gasteiger partial charge in [-0.2, -0.15) is 0 Å². The topological polar surface area (TPSA) is 284 Å². The number of nitrogens with two attached hydrogens (primary N) is 1. The Morgan fingerprint density at radius 3 is 1.18 bits per heavy atom. The van der Waals surface area contributed by atoms with Crippen molar-refractivity contribution in [3.05, 3.63) is 89.0 Å². The number of ether oxygens (including phenoxy) is 2. The fourth-order valence-electron chi connectivity index (χ4n) is 9.31. The molecule has 10 atom stereocenters. The van der Waals surface area contributed by atoms with E-state index < -0.39 is 119 Å². The highest BCUT2D eigenvalue weighted by atomic mass is 16.5. The van der Waals surface area contributed by atoms with Crippen molar-refractivity contribution >= 4 is 52.9 Å². The van der Waals surface area contributed by atoms with Crippen LogP contribution >= 0.6 is 0 Å². The Balaban J connectivity index is 1.38. The van der Waals surface area contributed by atoms with Crippen molar-refractivity contribution in [2.45, 2.75) is 142 Å². The minimum absolute atomic E-state index is 0.0162. The second kappa shape index (κ2) is 25.7. The monoisotopic (exact) mass is 1070 g/mol. The third-order valence-electron chi connectivity index (χ3n) is 14.3. The van der Waals surface area contributed by atoms with Crippen molar-refractivity contribution in [1.82, 2.24) is 52.3 Å². The number of nitrogens with zero attached hydrogens (tertiary/aromatic N) is 2. The number of amides is 8. The fraction of sp³-hybridized carbons (Fsp3) is 0.536. The molecule has 2 aliphatic rings. The molecule has 3 aromatic rings. The predicted octanol–water partition coefficient (Wildman–Crippen LogP) is 2.72. The SMILES string of the molecule is CN[C@@H](C)C(=O)N[C@H](C(=O)N1C[C@@H](NC(=O)c2cc(N)cc(C(=O)N[C@H]3C[C@@H](C(=O)N[C@H](C)c4ccc(OC)cc4)N(C(=O)[C@@H](NC(=O)[C@H](C)NC)C(C)(C)C)C3)c2)C[C@H]1C(=O)N[C@H](C)c1ccc(OC)cc1)C(C)(C)C. The number of methoxy groups -OCH3 is 2. The molecule has 0 aromatic heterocycles. The van der Waals surface area contributed by atoms with Gasteiger partial charge < -0.3 is 67.5 Å². The van der Waals surface area contributed by atoms with E-state index in [9.17, 15) is 38.4 Å². The highest BCUT2D eigenvalue weighted by Gasteiger charge is 2.48. The quantitative estimate of drug-likeness (QED) is 0.0738. The predicted molar refractivity (Wildman–Crippen MR) is 293 cm³/mol. The first-order chi connectivity index (χ1) is 36.1. The molecule has 0 spiro atoms. The summed E-state index contributed by atoms with van der Waals surface area (Å²) in [5.41, 5.74) is 6.47. The van der Waals surface area contributed by atoms with E-state index in [1.54, 1.807) is 66.4 Å². The van der Waals surface area contributed by atoms with Gasteiger partial charge in [0.25, 0.3) is 11.8 Å². The minimum Gasteiger partial charge on any atom is -0.497 e. The number of rotatable bonds is 20. The van der Waals surface area contributed by atoms with Crippen LogP contribution < -0.4 is 57.7 Å². The van der Waals surface area contributed by atoms with Crippen LogP contribution in [0.25, 0.3) is 0 Å². The highest BCUT2D eigenvalue weighted by Crippen LogP contribution is 2.30. The lowest BCUT2D eigenvalue weighted by Crippen LogP contribution is -2.59. The molecule has 2 heterocycles. The maximum atomic E-state index is 14.6. The van der Waals surface area contributed by atoms with Crippen molar-refractivity contribution in [1.29, 1.82) is 0 Å². The van der Waals surface area contributed by atoms with Gasteiger partial charge in [0.1, 0.15) is 35.7 Å². The van der Waals surface area contributed by atoms with Gasteiger partial charge in [0, 0.05) is 42.0 Å². The number of carbonyl (C=O) groups excluding carboxylic acids is 8. The lowest BCUT2D eigenvalue weighted by molar-refractivity contribution is -0.144. The van der Waals surface area contributed by atoms with Crippen molar-refractivity contribution in [3.8, 4) is 11.5 Å². The summed E-state index contributed by atoms with van der Waals surface area (Å²) in [6.07, 6.45) is 0.0373. The van der Waals surface area contributed by atoms with Crippen molar-refractivity contribution in [2.24, 2.45) is 10.8 Å². The van der Waals surface area contributed by atoms with Crippen LogP contribution in [-0.2, 0) is 28.8 Å². The normalized spacial score (nSPS) is 19.8. The van der Waals surface area contributed by atoms with Gasteiger partial charge in [-0.25, -0.2) is 0 Å². The molecule has 2 fully saturated rings. The Labute approximate surface area is 452 Å². The molecule has 420 valence electrons. The number of anilines is 1. The highest BCUT2D eigenvalue weighted by molar-refractivity contribution is 6.02. The van der Waals surface area contributed by atoms with Gasteiger partial charge >= 0.3 is 0 Å². The van der Waals surface area contributed by atoms with Gasteiger partial charge in [0.15, 0.2) is 0 Å². The summed E-state index contributed by atoms with van der Waals surface area (Å²) in [6.45, 7) is 17.6. The summed E-state index contributed by atoms with van der Waals surface area (Å²) in [7, 11) is 6.37. The summed E-state index contributed by atoms with van der Waals surface area (Å²) < 4.78 is 10.6. The third kappa shape index (κ3) is 15.5. The first-order valence-corrected chi connectivity index (χ1v) is 26.1.